The van der Waals surface area contributed by atoms with Crippen molar-refractivity contribution in [1.29, 1.82) is 0 Å². The van der Waals surface area contributed by atoms with Gasteiger partial charge in [0.1, 0.15) is 11.2 Å². The second kappa shape index (κ2) is 11.5. The van der Waals surface area contributed by atoms with Gasteiger partial charge in [-0.2, -0.15) is 0 Å². The van der Waals surface area contributed by atoms with Gasteiger partial charge in [-0.3, -0.25) is 0 Å². The van der Waals surface area contributed by atoms with Crippen LogP contribution in [0.1, 0.15) is 0 Å². The summed E-state index contributed by atoms with van der Waals surface area (Å²) < 4.78 is 6.22. The molecule has 0 atom stereocenters. The van der Waals surface area contributed by atoms with Gasteiger partial charge in [-0.1, -0.05) is 127 Å². The van der Waals surface area contributed by atoms with E-state index in [9.17, 15) is 0 Å². The molecular formula is C48H31NO. The van der Waals surface area contributed by atoms with Gasteiger partial charge in [0.15, 0.2) is 0 Å². The number of furan rings is 1. The van der Waals surface area contributed by atoms with E-state index in [1.165, 1.54) is 54.6 Å². The fourth-order valence-corrected chi connectivity index (χ4v) is 7.49. The van der Waals surface area contributed by atoms with E-state index in [0.717, 1.165) is 39.0 Å². The molecule has 1 aromatic heterocycles. The molecule has 0 bridgehead atoms. The molecule has 0 saturated carbocycles. The first kappa shape index (κ1) is 28.4. The summed E-state index contributed by atoms with van der Waals surface area (Å²) in [7, 11) is 0. The van der Waals surface area contributed by atoms with Gasteiger partial charge in [0, 0.05) is 27.8 Å². The molecule has 9 aromatic carbocycles. The van der Waals surface area contributed by atoms with Gasteiger partial charge in [-0.15, -0.1) is 0 Å². The number of nitrogens with zero attached hydrogens (tertiary/aromatic N) is 1. The Hall–Kier alpha value is -6.64. The second-order valence-electron chi connectivity index (χ2n) is 13.0. The third-order valence-corrected chi connectivity index (χ3v) is 9.98. The van der Waals surface area contributed by atoms with Crippen LogP contribution in [0.2, 0.25) is 0 Å². The molecule has 50 heavy (non-hydrogen) atoms. The van der Waals surface area contributed by atoms with Crippen LogP contribution in [0.25, 0.3) is 76.5 Å². The number of anilines is 3. The van der Waals surface area contributed by atoms with Gasteiger partial charge in [-0.05, 0) is 115 Å². The third-order valence-electron chi connectivity index (χ3n) is 9.98. The van der Waals surface area contributed by atoms with E-state index in [-0.39, 0.29) is 0 Å². The Morgan fingerprint density at radius 1 is 0.280 bits per heavy atom. The van der Waals surface area contributed by atoms with Crippen LogP contribution in [-0.2, 0) is 0 Å². The summed E-state index contributed by atoms with van der Waals surface area (Å²) in [4.78, 5) is 2.38. The van der Waals surface area contributed by atoms with Crippen LogP contribution in [-0.4, -0.2) is 0 Å². The number of hydrogen-bond donors (Lipinski definition) is 0. The fourth-order valence-electron chi connectivity index (χ4n) is 7.49. The molecule has 10 rings (SSSR count). The molecule has 0 unspecified atom stereocenters. The van der Waals surface area contributed by atoms with Crippen molar-refractivity contribution in [1.82, 2.24) is 0 Å². The average molecular weight is 638 g/mol. The van der Waals surface area contributed by atoms with E-state index in [0.29, 0.717) is 0 Å². The standard InChI is InChI=1S/C48H31NO/c1-3-10-32(11-4-1)34-14-9-15-40(27-34)49(41-23-22-36-26-35(18-19-37(36)28-41)33-12-5-2-6-13-33)42-24-25-43-38(29-42)20-21-39-30-48-46(31-45(39)43)44-16-7-8-17-47(44)50-48/h1-31H. The molecular weight excluding hydrogens is 607 g/mol. The molecule has 0 aliphatic rings. The first-order valence-corrected chi connectivity index (χ1v) is 17.1. The minimum atomic E-state index is 0.921. The lowest BCUT2D eigenvalue weighted by atomic mass is 9.98. The lowest BCUT2D eigenvalue weighted by Gasteiger charge is -2.27. The highest BCUT2D eigenvalue weighted by molar-refractivity contribution is 6.16. The number of rotatable bonds is 5. The summed E-state index contributed by atoms with van der Waals surface area (Å²) in [5.74, 6) is 0. The summed E-state index contributed by atoms with van der Waals surface area (Å²) in [5, 5.41) is 9.54. The SMILES string of the molecule is c1ccc(-c2cccc(N(c3ccc4cc(-c5ccccc5)ccc4c3)c3ccc4c(ccc5cc6oc7ccccc7c6cc54)c3)c2)cc1. The maximum atomic E-state index is 6.22. The molecule has 0 aliphatic heterocycles. The third kappa shape index (κ3) is 4.81. The predicted molar refractivity (Wildman–Crippen MR) is 212 cm³/mol. The Bertz CT molecular complexity index is 2870. The molecule has 2 nitrogen and oxygen atoms in total. The van der Waals surface area contributed by atoms with E-state index in [1.54, 1.807) is 0 Å². The Kier molecular flexibility index (Phi) is 6.53. The predicted octanol–water partition coefficient (Wildman–Crippen LogP) is 13.8. The summed E-state index contributed by atoms with van der Waals surface area (Å²) in [5.41, 5.74) is 10.0. The van der Waals surface area contributed by atoms with Crippen molar-refractivity contribution in [2.24, 2.45) is 0 Å². The Morgan fingerprint density at radius 3 is 1.66 bits per heavy atom. The van der Waals surface area contributed by atoms with E-state index >= 15 is 0 Å². The van der Waals surface area contributed by atoms with Gasteiger partial charge in [0.25, 0.3) is 0 Å². The topological polar surface area (TPSA) is 16.4 Å². The maximum absolute atomic E-state index is 6.22. The van der Waals surface area contributed by atoms with E-state index < -0.39 is 0 Å². The van der Waals surface area contributed by atoms with Crippen molar-refractivity contribution in [3.05, 3.63) is 188 Å². The Morgan fingerprint density at radius 2 is 0.860 bits per heavy atom. The van der Waals surface area contributed by atoms with Crippen molar-refractivity contribution >= 4 is 71.3 Å². The molecule has 0 fully saturated rings. The second-order valence-corrected chi connectivity index (χ2v) is 13.0. The van der Waals surface area contributed by atoms with Gasteiger partial charge in [0.2, 0.25) is 0 Å². The Balaban J connectivity index is 1.14. The van der Waals surface area contributed by atoms with Crippen LogP contribution in [0.15, 0.2) is 192 Å². The van der Waals surface area contributed by atoms with Crippen molar-refractivity contribution in [2.45, 2.75) is 0 Å². The molecule has 0 amide bonds. The highest BCUT2D eigenvalue weighted by Gasteiger charge is 2.16. The molecule has 0 N–H and O–H groups in total. The molecule has 234 valence electrons. The lowest BCUT2D eigenvalue weighted by molar-refractivity contribution is 0.669. The number of fused-ring (bicyclic) bond motifs is 7. The largest absolute Gasteiger partial charge is 0.456 e. The van der Waals surface area contributed by atoms with E-state index in [4.69, 9.17) is 4.42 Å². The lowest BCUT2D eigenvalue weighted by Crippen LogP contribution is -2.10. The molecule has 2 heteroatoms. The quantitative estimate of drug-likeness (QED) is 0.175. The monoisotopic (exact) mass is 637 g/mol. The highest BCUT2D eigenvalue weighted by atomic mass is 16.3. The van der Waals surface area contributed by atoms with Gasteiger partial charge < -0.3 is 9.32 Å². The summed E-state index contributed by atoms with van der Waals surface area (Å²) in [6, 6.07) is 67.7. The van der Waals surface area contributed by atoms with Crippen LogP contribution in [0.4, 0.5) is 17.1 Å². The first-order valence-electron chi connectivity index (χ1n) is 17.1. The van der Waals surface area contributed by atoms with Gasteiger partial charge in [-0.25, -0.2) is 0 Å². The molecule has 1 heterocycles. The highest BCUT2D eigenvalue weighted by Crippen LogP contribution is 2.41. The normalized spacial score (nSPS) is 11.6. The van der Waals surface area contributed by atoms with E-state index in [1.807, 2.05) is 12.1 Å². The zero-order valence-electron chi connectivity index (χ0n) is 27.3. The molecule has 0 aliphatic carbocycles. The molecule has 0 radical (unpaired) electrons. The molecule has 0 saturated heterocycles. The number of benzene rings is 9. The smallest absolute Gasteiger partial charge is 0.136 e. The number of hydrogen-bond acceptors (Lipinski definition) is 2. The summed E-state index contributed by atoms with van der Waals surface area (Å²) >= 11 is 0. The maximum Gasteiger partial charge on any atom is 0.136 e. The van der Waals surface area contributed by atoms with Crippen LogP contribution in [0.5, 0.6) is 0 Å². The van der Waals surface area contributed by atoms with Crippen molar-refractivity contribution in [3.8, 4) is 22.3 Å². The van der Waals surface area contributed by atoms with Crippen LogP contribution in [0, 0.1) is 0 Å². The van der Waals surface area contributed by atoms with Gasteiger partial charge in [0.05, 0.1) is 0 Å². The zero-order chi connectivity index (χ0) is 33.0. The van der Waals surface area contributed by atoms with Crippen LogP contribution in [0.3, 0.4) is 0 Å². The number of para-hydroxylation sites is 1. The Labute approximate surface area is 290 Å². The first-order chi connectivity index (χ1) is 24.7. The molecule has 0 spiro atoms. The minimum Gasteiger partial charge on any atom is -0.456 e. The van der Waals surface area contributed by atoms with Crippen molar-refractivity contribution < 1.29 is 4.42 Å². The van der Waals surface area contributed by atoms with Crippen LogP contribution >= 0.6 is 0 Å². The fraction of sp³-hybridized carbons (Fsp3) is 0. The average Bonchev–Trinajstić information content (AvgIpc) is 3.55. The summed E-state index contributed by atoms with van der Waals surface area (Å²) in [6.07, 6.45) is 0. The molecule has 10 aromatic rings. The van der Waals surface area contributed by atoms with Crippen LogP contribution < -0.4 is 4.90 Å². The van der Waals surface area contributed by atoms with E-state index in [2.05, 4.69) is 181 Å². The van der Waals surface area contributed by atoms with Gasteiger partial charge >= 0.3 is 0 Å². The van der Waals surface area contributed by atoms with Crippen molar-refractivity contribution in [2.75, 3.05) is 4.90 Å². The zero-order valence-corrected chi connectivity index (χ0v) is 27.3. The summed E-state index contributed by atoms with van der Waals surface area (Å²) in [6.45, 7) is 0. The minimum absolute atomic E-state index is 0.921. The van der Waals surface area contributed by atoms with Crippen molar-refractivity contribution in [3.63, 3.8) is 0 Å².